The predicted octanol–water partition coefficient (Wildman–Crippen LogP) is 2.72. The summed E-state index contributed by atoms with van der Waals surface area (Å²) in [4.78, 5) is 5.07. The van der Waals surface area contributed by atoms with E-state index in [0.29, 0.717) is 23.7 Å². The number of benzene rings is 2. The van der Waals surface area contributed by atoms with Gasteiger partial charge in [-0.25, -0.2) is 13.4 Å². The van der Waals surface area contributed by atoms with Gasteiger partial charge in [0.2, 0.25) is 10.0 Å². The average molecular weight is 370 g/mol. The third-order valence-corrected chi connectivity index (χ3v) is 7.07. The molecule has 1 aliphatic heterocycles. The van der Waals surface area contributed by atoms with E-state index in [2.05, 4.69) is 10.6 Å². The van der Waals surface area contributed by atoms with Crippen molar-refractivity contribution in [2.24, 2.45) is 7.05 Å². The summed E-state index contributed by atoms with van der Waals surface area (Å²) < 4.78 is 29.3. The molecule has 1 saturated heterocycles. The zero-order chi connectivity index (χ0) is 18.3. The van der Waals surface area contributed by atoms with Gasteiger partial charge in [-0.05, 0) is 49.2 Å². The van der Waals surface area contributed by atoms with Crippen LogP contribution in [0.3, 0.4) is 0 Å². The monoisotopic (exact) mass is 370 g/mol. The molecule has 26 heavy (non-hydrogen) atoms. The second-order valence-electron chi connectivity index (χ2n) is 6.77. The molecule has 2 N–H and O–H groups in total. The van der Waals surface area contributed by atoms with Crippen LogP contribution in [-0.4, -0.2) is 35.4 Å². The number of hydrogen-bond acceptors (Lipinski definition) is 4. The van der Waals surface area contributed by atoms with Gasteiger partial charge < -0.3 is 10.3 Å². The van der Waals surface area contributed by atoms with Gasteiger partial charge >= 0.3 is 0 Å². The largest absolute Gasteiger partial charge is 0.399 e. The highest BCUT2D eigenvalue weighted by molar-refractivity contribution is 7.89. The van der Waals surface area contributed by atoms with Crippen molar-refractivity contribution in [2.75, 3.05) is 18.8 Å². The van der Waals surface area contributed by atoms with Crippen LogP contribution in [0, 0.1) is 0 Å². The molecular weight excluding hydrogens is 348 g/mol. The number of piperidine rings is 1. The number of anilines is 1. The van der Waals surface area contributed by atoms with Gasteiger partial charge in [-0.3, -0.25) is 0 Å². The van der Waals surface area contributed by atoms with E-state index in [9.17, 15) is 8.42 Å². The maximum Gasteiger partial charge on any atom is 0.243 e. The van der Waals surface area contributed by atoms with Gasteiger partial charge in [-0.15, -0.1) is 0 Å². The van der Waals surface area contributed by atoms with Gasteiger partial charge in [0.1, 0.15) is 5.82 Å². The van der Waals surface area contributed by atoms with E-state index in [1.807, 2.05) is 25.2 Å². The van der Waals surface area contributed by atoms with E-state index in [-0.39, 0.29) is 5.92 Å². The molecular formula is C19H22N4O2S. The van der Waals surface area contributed by atoms with Crippen molar-refractivity contribution in [3.63, 3.8) is 0 Å². The third-order valence-electron chi connectivity index (χ3n) is 5.16. The topological polar surface area (TPSA) is 81.2 Å². The summed E-state index contributed by atoms with van der Waals surface area (Å²) in [6.07, 6.45) is 1.54. The summed E-state index contributed by atoms with van der Waals surface area (Å²) in [7, 11) is -1.44. The van der Waals surface area contributed by atoms with Crippen LogP contribution < -0.4 is 5.73 Å². The van der Waals surface area contributed by atoms with Crippen LogP contribution in [0.15, 0.2) is 53.4 Å². The molecule has 0 saturated carbocycles. The number of nitrogen functional groups attached to an aromatic ring is 1. The van der Waals surface area contributed by atoms with E-state index < -0.39 is 10.0 Å². The van der Waals surface area contributed by atoms with Crippen LogP contribution >= 0.6 is 0 Å². The fraction of sp³-hybridized carbons (Fsp3) is 0.316. The number of fused-ring (bicyclic) bond motifs is 1. The number of sulfonamides is 1. The van der Waals surface area contributed by atoms with Crippen LogP contribution in [0.1, 0.15) is 24.6 Å². The molecule has 1 aliphatic rings. The first-order chi connectivity index (χ1) is 12.5. The number of para-hydroxylation sites is 2. The SMILES string of the molecule is Cn1c(C2CCN(S(=O)(=O)c3ccc(N)cc3)CC2)nc2ccccc21. The van der Waals surface area contributed by atoms with Crippen LogP contribution in [0.5, 0.6) is 0 Å². The first kappa shape index (κ1) is 17.1. The van der Waals surface area contributed by atoms with E-state index >= 15 is 0 Å². The van der Waals surface area contributed by atoms with Gasteiger partial charge in [0, 0.05) is 31.7 Å². The molecule has 2 aromatic carbocycles. The number of aryl methyl sites for hydroxylation is 1. The summed E-state index contributed by atoms with van der Waals surface area (Å²) in [5, 5.41) is 0. The van der Waals surface area contributed by atoms with Gasteiger partial charge in [0.15, 0.2) is 0 Å². The molecule has 0 atom stereocenters. The number of nitrogens with zero attached hydrogens (tertiary/aromatic N) is 3. The van der Waals surface area contributed by atoms with Crippen molar-refractivity contribution in [1.29, 1.82) is 0 Å². The van der Waals surface area contributed by atoms with E-state index in [1.165, 1.54) is 0 Å². The molecule has 1 aromatic heterocycles. The van der Waals surface area contributed by atoms with Crippen molar-refractivity contribution in [3.05, 3.63) is 54.4 Å². The lowest BCUT2D eigenvalue weighted by Gasteiger charge is -2.31. The minimum absolute atomic E-state index is 0.269. The smallest absolute Gasteiger partial charge is 0.243 e. The second kappa shape index (κ2) is 6.41. The lowest BCUT2D eigenvalue weighted by Crippen LogP contribution is -2.38. The first-order valence-electron chi connectivity index (χ1n) is 8.74. The lowest BCUT2D eigenvalue weighted by atomic mass is 9.97. The Morgan fingerprint density at radius 1 is 1.04 bits per heavy atom. The standard InChI is InChI=1S/C19H22N4O2S/c1-22-18-5-3-2-4-17(18)21-19(22)14-10-12-23(13-11-14)26(24,25)16-8-6-15(20)7-9-16/h2-9,14H,10-13,20H2,1H3. The summed E-state index contributed by atoms with van der Waals surface area (Å²) >= 11 is 0. The quantitative estimate of drug-likeness (QED) is 0.719. The third kappa shape index (κ3) is 2.87. The summed E-state index contributed by atoms with van der Waals surface area (Å²) in [6, 6.07) is 14.5. The highest BCUT2D eigenvalue weighted by Gasteiger charge is 2.31. The average Bonchev–Trinajstić information content (AvgIpc) is 2.99. The van der Waals surface area contributed by atoms with Crippen molar-refractivity contribution in [1.82, 2.24) is 13.9 Å². The molecule has 0 spiro atoms. The summed E-state index contributed by atoms with van der Waals surface area (Å²) in [5.41, 5.74) is 8.32. The molecule has 1 fully saturated rings. The fourth-order valence-electron chi connectivity index (χ4n) is 3.67. The van der Waals surface area contributed by atoms with Crippen LogP contribution in [0.25, 0.3) is 11.0 Å². The van der Waals surface area contributed by atoms with Gasteiger partial charge in [0.05, 0.1) is 15.9 Å². The van der Waals surface area contributed by atoms with Crippen molar-refractivity contribution < 1.29 is 8.42 Å². The molecule has 0 bridgehead atoms. The fourth-order valence-corrected chi connectivity index (χ4v) is 5.14. The highest BCUT2D eigenvalue weighted by Crippen LogP contribution is 2.31. The lowest BCUT2D eigenvalue weighted by molar-refractivity contribution is 0.311. The number of aromatic nitrogens is 2. The highest BCUT2D eigenvalue weighted by atomic mass is 32.2. The van der Waals surface area contributed by atoms with E-state index in [1.54, 1.807) is 28.6 Å². The molecule has 0 unspecified atom stereocenters. The van der Waals surface area contributed by atoms with Crippen molar-refractivity contribution in [3.8, 4) is 0 Å². The molecule has 0 amide bonds. The van der Waals surface area contributed by atoms with Crippen LogP contribution in [0.2, 0.25) is 0 Å². The second-order valence-corrected chi connectivity index (χ2v) is 8.70. The Kier molecular flexibility index (Phi) is 4.20. The zero-order valence-corrected chi connectivity index (χ0v) is 15.5. The van der Waals surface area contributed by atoms with Crippen LogP contribution in [-0.2, 0) is 17.1 Å². The molecule has 0 aliphatic carbocycles. The summed E-state index contributed by atoms with van der Waals surface area (Å²) in [6.45, 7) is 1.00. The van der Waals surface area contributed by atoms with Crippen molar-refractivity contribution in [2.45, 2.75) is 23.7 Å². The number of rotatable bonds is 3. The Balaban J connectivity index is 1.53. The number of hydrogen-bond donors (Lipinski definition) is 1. The molecule has 3 aromatic rings. The first-order valence-corrected chi connectivity index (χ1v) is 10.2. The minimum Gasteiger partial charge on any atom is -0.399 e. The predicted molar refractivity (Wildman–Crippen MR) is 102 cm³/mol. The van der Waals surface area contributed by atoms with Gasteiger partial charge in [-0.2, -0.15) is 4.31 Å². The zero-order valence-electron chi connectivity index (χ0n) is 14.7. The Morgan fingerprint density at radius 3 is 2.35 bits per heavy atom. The van der Waals surface area contributed by atoms with E-state index in [0.717, 1.165) is 29.7 Å². The molecule has 7 heteroatoms. The molecule has 6 nitrogen and oxygen atoms in total. The Labute approximate surface area is 153 Å². The van der Waals surface area contributed by atoms with Gasteiger partial charge in [0.25, 0.3) is 0 Å². The van der Waals surface area contributed by atoms with E-state index in [4.69, 9.17) is 10.7 Å². The Morgan fingerprint density at radius 2 is 1.69 bits per heavy atom. The normalized spacial score (nSPS) is 17.0. The van der Waals surface area contributed by atoms with Crippen molar-refractivity contribution >= 4 is 26.7 Å². The Bertz CT molecular complexity index is 1030. The molecule has 0 radical (unpaired) electrons. The molecule has 136 valence electrons. The molecule has 4 rings (SSSR count). The Hall–Kier alpha value is -2.38. The van der Waals surface area contributed by atoms with Crippen LogP contribution in [0.4, 0.5) is 5.69 Å². The maximum absolute atomic E-state index is 12.8. The molecule has 2 heterocycles. The minimum atomic E-state index is -3.47. The maximum atomic E-state index is 12.8. The summed E-state index contributed by atoms with van der Waals surface area (Å²) in [5.74, 6) is 1.31. The number of imidazole rings is 1. The number of nitrogens with two attached hydrogens (primary N) is 1. The van der Waals surface area contributed by atoms with Gasteiger partial charge in [-0.1, -0.05) is 12.1 Å².